The Labute approximate surface area is 211 Å². The van der Waals surface area contributed by atoms with Gasteiger partial charge in [-0.2, -0.15) is 4.89 Å². The number of aliphatic hydroxyl groups is 1. The van der Waals surface area contributed by atoms with Crippen molar-refractivity contribution in [2.45, 2.75) is 51.3 Å². The van der Waals surface area contributed by atoms with Crippen LogP contribution in [0.15, 0.2) is 54.6 Å². The summed E-state index contributed by atoms with van der Waals surface area (Å²) in [5.41, 5.74) is 2.27. The maximum absolute atomic E-state index is 13.8. The molecule has 36 heavy (non-hydrogen) atoms. The smallest absolute Gasteiger partial charge is 0.387 e. The van der Waals surface area contributed by atoms with Gasteiger partial charge in [0.1, 0.15) is 18.0 Å². The van der Waals surface area contributed by atoms with E-state index in [1.807, 2.05) is 52.0 Å². The number of pyridine rings is 1. The van der Waals surface area contributed by atoms with Gasteiger partial charge in [-0.25, -0.2) is 4.39 Å². The number of hydrogen-bond donors (Lipinski definition) is 2. The lowest BCUT2D eigenvalue weighted by atomic mass is 9.82. The molecule has 8 heteroatoms. The molecule has 0 aliphatic rings. The molecule has 0 aliphatic carbocycles. The first kappa shape index (κ1) is 27.2. The lowest BCUT2D eigenvalue weighted by molar-refractivity contribution is -0.139. The zero-order valence-corrected chi connectivity index (χ0v) is 21.4. The number of hydrogen-bond acceptors (Lipinski definition) is 5. The van der Waals surface area contributed by atoms with Crippen molar-refractivity contribution < 1.29 is 28.5 Å². The minimum absolute atomic E-state index is 0.302. The van der Waals surface area contributed by atoms with Gasteiger partial charge in [0.25, 0.3) is 0 Å². The molecule has 1 heterocycles. The Hall–Kier alpha value is -3.43. The molecule has 3 atom stereocenters. The largest absolute Gasteiger partial charge is 0.516 e. The molecule has 0 bridgehead atoms. The fourth-order valence-electron chi connectivity index (χ4n) is 4.13. The van der Waals surface area contributed by atoms with Gasteiger partial charge in [-0.15, -0.1) is 0 Å². The highest BCUT2D eigenvalue weighted by molar-refractivity contribution is 7.38. The van der Waals surface area contributed by atoms with E-state index >= 15 is 0 Å². The molecular formula is C28H28FNO5P+. The third kappa shape index (κ3) is 6.03. The average Bonchev–Trinajstić information content (AvgIpc) is 2.79. The van der Waals surface area contributed by atoms with Gasteiger partial charge >= 0.3 is 14.0 Å². The van der Waals surface area contributed by atoms with Crippen molar-refractivity contribution in [3.63, 3.8) is 0 Å². The second-order valence-electron chi connectivity index (χ2n) is 9.50. The minimum atomic E-state index is -3.04. The van der Waals surface area contributed by atoms with Crippen LogP contribution in [0.4, 0.5) is 4.39 Å². The van der Waals surface area contributed by atoms with Crippen molar-refractivity contribution in [2.75, 3.05) is 0 Å². The standard InChI is InChI=1S/C28H27FNO5P/c1-6-35-24(32)16-23(31)26(36(33)34)25-21(18-11-13-19(29)14-12-18)15-22(30-27(25)28(3,4)5)20-10-8-7-9-17(20)2/h1,7-15,23,26,31H,16H2,2-5H3/p+1. The Morgan fingerprint density at radius 1 is 1.17 bits per heavy atom. The zero-order chi connectivity index (χ0) is 26.6. The number of nitrogens with zero attached hydrogens (tertiary/aromatic N) is 1. The van der Waals surface area contributed by atoms with Crippen LogP contribution in [0.3, 0.4) is 0 Å². The SMILES string of the molecule is C#COC(=O)CC(O)C(c1c(-c2ccc(F)cc2)cc(-c2ccccc2C)nc1C(C)(C)C)[P+](=O)O. The van der Waals surface area contributed by atoms with Crippen molar-refractivity contribution in [2.24, 2.45) is 0 Å². The molecule has 186 valence electrons. The third-order valence-electron chi connectivity index (χ3n) is 5.79. The number of carbonyl (C=O) groups excluding carboxylic acids is 1. The highest BCUT2D eigenvalue weighted by atomic mass is 31.1. The van der Waals surface area contributed by atoms with Crippen LogP contribution >= 0.6 is 8.03 Å². The van der Waals surface area contributed by atoms with Gasteiger partial charge in [-0.1, -0.05) is 63.6 Å². The first-order chi connectivity index (χ1) is 16.9. The highest BCUT2D eigenvalue weighted by Gasteiger charge is 2.45. The lowest BCUT2D eigenvalue weighted by Gasteiger charge is -2.27. The second kappa shape index (κ2) is 11.1. The summed E-state index contributed by atoms with van der Waals surface area (Å²) in [6, 6.07) is 15.1. The Kier molecular flexibility index (Phi) is 8.37. The number of terminal acetylenes is 1. The number of aliphatic hydroxyl groups excluding tert-OH is 1. The first-order valence-electron chi connectivity index (χ1n) is 11.3. The number of carbonyl (C=O) groups is 1. The zero-order valence-electron chi connectivity index (χ0n) is 20.5. The van der Waals surface area contributed by atoms with Gasteiger partial charge < -0.3 is 9.84 Å². The number of esters is 1. The van der Waals surface area contributed by atoms with Crippen molar-refractivity contribution in [1.29, 1.82) is 0 Å². The normalized spacial score (nSPS) is 13.4. The summed E-state index contributed by atoms with van der Waals surface area (Å²) in [4.78, 5) is 27.3. The fourth-order valence-corrected chi connectivity index (χ4v) is 5.01. The van der Waals surface area contributed by atoms with Gasteiger partial charge in [0.15, 0.2) is 0 Å². The quantitative estimate of drug-likeness (QED) is 0.237. The average molecular weight is 509 g/mol. The van der Waals surface area contributed by atoms with E-state index in [0.29, 0.717) is 28.1 Å². The molecule has 0 spiro atoms. The van der Waals surface area contributed by atoms with E-state index in [1.165, 1.54) is 12.1 Å². The molecule has 6 nitrogen and oxygen atoms in total. The summed E-state index contributed by atoms with van der Waals surface area (Å²) in [7, 11) is -3.04. The summed E-state index contributed by atoms with van der Waals surface area (Å²) < 4.78 is 31.0. The number of benzene rings is 2. The Bertz CT molecular complexity index is 1330. The van der Waals surface area contributed by atoms with Crippen LogP contribution in [0, 0.1) is 25.3 Å². The van der Waals surface area contributed by atoms with Crippen molar-refractivity contribution in [1.82, 2.24) is 4.98 Å². The number of ether oxygens (including phenoxy) is 1. The maximum atomic E-state index is 13.8. The topological polar surface area (TPSA) is 96.7 Å². The monoisotopic (exact) mass is 508 g/mol. The molecule has 0 amide bonds. The second-order valence-corrected chi connectivity index (χ2v) is 10.7. The highest BCUT2D eigenvalue weighted by Crippen LogP contribution is 2.49. The predicted octanol–water partition coefficient (Wildman–Crippen LogP) is 5.82. The molecular weight excluding hydrogens is 480 g/mol. The summed E-state index contributed by atoms with van der Waals surface area (Å²) in [6.07, 6.45) is 4.57. The predicted molar refractivity (Wildman–Crippen MR) is 137 cm³/mol. The van der Waals surface area contributed by atoms with E-state index in [2.05, 4.69) is 4.74 Å². The number of aryl methyl sites for hydroxylation is 1. The first-order valence-corrected chi connectivity index (χ1v) is 12.6. The van der Waals surface area contributed by atoms with Crippen LogP contribution < -0.4 is 0 Å². The molecule has 3 aromatic rings. The van der Waals surface area contributed by atoms with E-state index in [-0.39, 0.29) is 0 Å². The van der Waals surface area contributed by atoms with Crippen LogP contribution in [-0.4, -0.2) is 27.1 Å². The van der Waals surface area contributed by atoms with Crippen molar-refractivity contribution >= 4 is 14.0 Å². The molecule has 0 saturated heterocycles. The molecule has 2 N–H and O–H groups in total. The number of aromatic nitrogens is 1. The van der Waals surface area contributed by atoms with E-state index in [1.54, 1.807) is 24.3 Å². The molecule has 0 saturated carbocycles. The van der Waals surface area contributed by atoms with Gasteiger partial charge in [0.05, 0.1) is 17.8 Å². The van der Waals surface area contributed by atoms with Crippen LogP contribution in [0.2, 0.25) is 0 Å². The Morgan fingerprint density at radius 2 is 1.81 bits per heavy atom. The van der Waals surface area contributed by atoms with Crippen LogP contribution in [0.1, 0.15) is 49.7 Å². The van der Waals surface area contributed by atoms with Gasteiger partial charge in [0, 0.05) is 16.5 Å². The molecule has 1 aromatic heterocycles. The lowest BCUT2D eigenvalue weighted by Crippen LogP contribution is -2.26. The maximum Gasteiger partial charge on any atom is 0.516 e. The molecule has 0 fully saturated rings. The van der Waals surface area contributed by atoms with Crippen molar-refractivity contribution in [3.8, 4) is 34.9 Å². The van der Waals surface area contributed by atoms with Crippen LogP contribution in [-0.2, 0) is 19.5 Å². The molecule has 3 rings (SSSR count). The molecule has 0 radical (unpaired) electrons. The van der Waals surface area contributed by atoms with Gasteiger partial charge in [-0.3, -0.25) is 9.78 Å². The summed E-state index contributed by atoms with van der Waals surface area (Å²) in [5, 5.41) is 11.0. The molecule has 2 aromatic carbocycles. The Morgan fingerprint density at radius 3 is 2.36 bits per heavy atom. The van der Waals surface area contributed by atoms with Crippen LogP contribution in [0.25, 0.3) is 22.4 Å². The van der Waals surface area contributed by atoms with E-state index in [4.69, 9.17) is 11.4 Å². The van der Waals surface area contributed by atoms with E-state index in [9.17, 15) is 23.7 Å². The molecule has 3 unspecified atom stereocenters. The number of rotatable bonds is 7. The molecule has 0 aliphatic heterocycles. The van der Waals surface area contributed by atoms with Crippen molar-refractivity contribution in [3.05, 3.63) is 77.2 Å². The Balaban J connectivity index is 2.39. The minimum Gasteiger partial charge on any atom is -0.387 e. The van der Waals surface area contributed by atoms with Crippen LogP contribution in [0.5, 0.6) is 0 Å². The van der Waals surface area contributed by atoms with Gasteiger partial charge in [0.2, 0.25) is 5.66 Å². The van der Waals surface area contributed by atoms with Gasteiger partial charge in [-0.05, 0) is 46.4 Å². The summed E-state index contributed by atoms with van der Waals surface area (Å²) >= 11 is 0. The third-order valence-corrected chi connectivity index (χ3v) is 6.87. The van der Waals surface area contributed by atoms with E-state index in [0.717, 1.165) is 11.1 Å². The summed E-state index contributed by atoms with van der Waals surface area (Å²) in [5.74, 6) is -1.34. The fraction of sp³-hybridized carbons (Fsp3) is 0.286. The number of halogens is 1. The van der Waals surface area contributed by atoms with E-state index < -0.39 is 43.4 Å². The summed E-state index contributed by atoms with van der Waals surface area (Å²) in [6.45, 7) is 7.65.